The molecule has 4 nitrogen and oxygen atoms in total. The maximum absolute atomic E-state index is 12.2. The molecule has 1 heterocycles. The zero-order chi connectivity index (χ0) is 17.8. The number of ether oxygens (including phenoxy) is 1. The Bertz CT molecular complexity index is 763. The summed E-state index contributed by atoms with van der Waals surface area (Å²) in [7, 11) is 1.55. The van der Waals surface area contributed by atoms with Gasteiger partial charge in [-0.2, -0.15) is 0 Å². The van der Waals surface area contributed by atoms with Crippen LogP contribution < -0.4 is 15.0 Å². The van der Waals surface area contributed by atoms with E-state index >= 15 is 0 Å². The molecule has 2 aromatic carbocycles. The molecule has 0 saturated carbocycles. The fourth-order valence-electron chi connectivity index (χ4n) is 3.33. The molecule has 5 heteroatoms. The first-order valence-corrected chi connectivity index (χ1v) is 8.94. The summed E-state index contributed by atoms with van der Waals surface area (Å²) in [6, 6.07) is 14.1. The number of benzene rings is 2. The molecule has 132 valence electrons. The molecule has 0 saturated heterocycles. The van der Waals surface area contributed by atoms with Crippen molar-refractivity contribution in [3.63, 3.8) is 0 Å². The van der Waals surface area contributed by atoms with Crippen molar-refractivity contribution < 1.29 is 9.53 Å². The number of para-hydroxylation sites is 1. The van der Waals surface area contributed by atoms with Crippen molar-refractivity contribution in [2.45, 2.75) is 25.8 Å². The highest BCUT2D eigenvalue weighted by atomic mass is 35.5. The third-order valence-corrected chi connectivity index (χ3v) is 4.92. The first kappa shape index (κ1) is 17.6. The van der Waals surface area contributed by atoms with E-state index in [9.17, 15) is 4.79 Å². The van der Waals surface area contributed by atoms with E-state index in [0.717, 1.165) is 19.4 Å². The maximum Gasteiger partial charge on any atom is 0.251 e. The van der Waals surface area contributed by atoms with Crippen molar-refractivity contribution >= 4 is 23.2 Å². The van der Waals surface area contributed by atoms with Gasteiger partial charge in [0.05, 0.1) is 12.1 Å². The predicted molar refractivity (Wildman–Crippen MR) is 102 cm³/mol. The molecule has 0 spiro atoms. The van der Waals surface area contributed by atoms with E-state index in [4.69, 9.17) is 16.3 Å². The molecule has 2 aromatic rings. The van der Waals surface area contributed by atoms with Gasteiger partial charge in [0.25, 0.3) is 5.91 Å². The summed E-state index contributed by atoms with van der Waals surface area (Å²) in [6.45, 7) is 3.81. The van der Waals surface area contributed by atoms with E-state index < -0.39 is 0 Å². The fraction of sp³-hybridized carbons (Fsp3) is 0.350. The second kappa shape index (κ2) is 7.79. The average molecular weight is 359 g/mol. The van der Waals surface area contributed by atoms with Gasteiger partial charge < -0.3 is 15.0 Å². The molecule has 0 radical (unpaired) electrons. The van der Waals surface area contributed by atoms with Gasteiger partial charge in [-0.25, -0.2) is 0 Å². The van der Waals surface area contributed by atoms with Crippen molar-refractivity contribution in [2.75, 3.05) is 25.1 Å². The monoisotopic (exact) mass is 358 g/mol. The topological polar surface area (TPSA) is 41.6 Å². The molecule has 1 atom stereocenters. The summed E-state index contributed by atoms with van der Waals surface area (Å²) >= 11 is 6.07. The van der Waals surface area contributed by atoms with E-state index in [-0.39, 0.29) is 5.91 Å². The molecule has 0 aromatic heterocycles. The highest BCUT2D eigenvalue weighted by molar-refractivity contribution is 6.32. The van der Waals surface area contributed by atoms with Crippen molar-refractivity contribution in [2.24, 2.45) is 0 Å². The number of amides is 1. The smallest absolute Gasteiger partial charge is 0.251 e. The van der Waals surface area contributed by atoms with Crippen LogP contribution in [0.3, 0.4) is 0 Å². The number of rotatable bonds is 6. The largest absolute Gasteiger partial charge is 0.495 e. The van der Waals surface area contributed by atoms with Gasteiger partial charge in [0, 0.05) is 30.4 Å². The van der Waals surface area contributed by atoms with Gasteiger partial charge in [0.15, 0.2) is 0 Å². The predicted octanol–water partition coefficient (Wildman–Crippen LogP) is 3.92. The van der Waals surface area contributed by atoms with Crippen LogP contribution in [0, 0.1) is 0 Å². The number of nitrogens with zero attached hydrogens (tertiary/aromatic N) is 1. The molecule has 0 fully saturated rings. The number of hydrogen-bond acceptors (Lipinski definition) is 3. The van der Waals surface area contributed by atoms with Crippen LogP contribution in [0.2, 0.25) is 5.02 Å². The number of hydrogen-bond donors (Lipinski definition) is 1. The average Bonchev–Trinajstić information content (AvgIpc) is 2.93. The lowest BCUT2D eigenvalue weighted by Crippen LogP contribution is -2.33. The van der Waals surface area contributed by atoms with Crippen LogP contribution >= 0.6 is 11.6 Å². The zero-order valence-electron chi connectivity index (χ0n) is 14.6. The lowest BCUT2D eigenvalue weighted by molar-refractivity contribution is 0.0953. The highest BCUT2D eigenvalue weighted by Crippen LogP contribution is 2.31. The van der Waals surface area contributed by atoms with Crippen LogP contribution in [0.5, 0.6) is 5.75 Å². The standard InChI is InChI=1S/C20H23ClN2O2/c1-14-12-15-6-3-4-7-18(15)23(14)11-5-10-22-20(24)16-8-9-19(25-2)17(21)13-16/h3-4,6-9,13-14H,5,10-12H2,1-2H3,(H,22,24)/t14-/m0/s1. The van der Waals surface area contributed by atoms with Crippen LogP contribution in [-0.2, 0) is 6.42 Å². The van der Waals surface area contributed by atoms with Gasteiger partial charge in [-0.3, -0.25) is 4.79 Å². The number of methoxy groups -OCH3 is 1. The third kappa shape index (κ3) is 3.90. The highest BCUT2D eigenvalue weighted by Gasteiger charge is 2.24. The minimum atomic E-state index is -0.112. The summed E-state index contributed by atoms with van der Waals surface area (Å²) in [5, 5.41) is 3.40. The number of carbonyl (C=O) groups excluding carboxylic acids is 1. The van der Waals surface area contributed by atoms with Crippen molar-refractivity contribution in [3.8, 4) is 5.75 Å². The van der Waals surface area contributed by atoms with Gasteiger partial charge in [0.2, 0.25) is 0 Å². The Morgan fingerprint density at radius 1 is 1.32 bits per heavy atom. The Morgan fingerprint density at radius 2 is 2.12 bits per heavy atom. The molecule has 0 bridgehead atoms. The minimum Gasteiger partial charge on any atom is -0.495 e. The first-order valence-electron chi connectivity index (χ1n) is 8.56. The lowest BCUT2D eigenvalue weighted by Gasteiger charge is -2.24. The second-order valence-corrected chi connectivity index (χ2v) is 6.74. The quantitative estimate of drug-likeness (QED) is 0.796. The molecule has 1 aliphatic rings. The summed E-state index contributed by atoms with van der Waals surface area (Å²) < 4.78 is 5.10. The summed E-state index contributed by atoms with van der Waals surface area (Å²) in [5.41, 5.74) is 3.28. The van der Waals surface area contributed by atoms with Crippen molar-refractivity contribution in [1.29, 1.82) is 0 Å². The van der Waals surface area contributed by atoms with Crippen LogP contribution in [-0.4, -0.2) is 32.1 Å². The molecular weight excluding hydrogens is 336 g/mol. The number of fused-ring (bicyclic) bond motifs is 1. The number of carbonyl (C=O) groups is 1. The van der Waals surface area contributed by atoms with Crippen molar-refractivity contribution in [3.05, 3.63) is 58.6 Å². The van der Waals surface area contributed by atoms with E-state index in [0.29, 0.717) is 28.9 Å². The number of halogens is 1. The Balaban J connectivity index is 1.50. The SMILES string of the molecule is COc1ccc(C(=O)NCCCN2c3ccccc3C[C@@H]2C)cc1Cl. The Labute approximate surface area is 153 Å². The van der Waals surface area contributed by atoms with Gasteiger partial charge in [0.1, 0.15) is 5.75 Å². The Hall–Kier alpha value is -2.20. The van der Waals surface area contributed by atoms with Crippen LogP contribution in [0.1, 0.15) is 29.3 Å². The minimum absolute atomic E-state index is 0.112. The van der Waals surface area contributed by atoms with E-state index in [1.807, 2.05) is 0 Å². The molecule has 1 N–H and O–H groups in total. The molecule has 3 rings (SSSR count). The summed E-state index contributed by atoms with van der Waals surface area (Å²) in [6.07, 6.45) is 1.99. The molecule has 0 aliphatic carbocycles. The lowest BCUT2D eigenvalue weighted by atomic mass is 10.1. The van der Waals surface area contributed by atoms with Gasteiger partial charge in [-0.15, -0.1) is 0 Å². The maximum atomic E-state index is 12.2. The number of nitrogens with one attached hydrogen (secondary N) is 1. The van der Waals surface area contributed by atoms with Gasteiger partial charge >= 0.3 is 0 Å². The molecule has 1 aliphatic heterocycles. The Morgan fingerprint density at radius 3 is 2.88 bits per heavy atom. The van der Waals surface area contributed by atoms with Gasteiger partial charge in [-0.1, -0.05) is 29.8 Å². The zero-order valence-corrected chi connectivity index (χ0v) is 15.3. The van der Waals surface area contributed by atoms with Crippen LogP contribution in [0.15, 0.2) is 42.5 Å². The van der Waals surface area contributed by atoms with Crippen LogP contribution in [0.25, 0.3) is 0 Å². The van der Waals surface area contributed by atoms with E-state index in [2.05, 4.69) is 41.4 Å². The van der Waals surface area contributed by atoms with Crippen LogP contribution in [0.4, 0.5) is 5.69 Å². The molecular formula is C20H23ClN2O2. The summed E-state index contributed by atoms with van der Waals surface area (Å²) in [4.78, 5) is 14.7. The first-order chi connectivity index (χ1) is 12.1. The van der Waals surface area contributed by atoms with E-state index in [1.54, 1.807) is 25.3 Å². The Kier molecular flexibility index (Phi) is 5.49. The van der Waals surface area contributed by atoms with Gasteiger partial charge in [-0.05, 0) is 49.6 Å². The molecule has 1 amide bonds. The summed E-state index contributed by atoms with van der Waals surface area (Å²) in [5.74, 6) is 0.458. The van der Waals surface area contributed by atoms with E-state index in [1.165, 1.54) is 11.3 Å². The van der Waals surface area contributed by atoms with Crippen molar-refractivity contribution in [1.82, 2.24) is 5.32 Å². The molecule has 25 heavy (non-hydrogen) atoms. The second-order valence-electron chi connectivity index (χ2n) is 6.33. The number of anilines is 1. The normalized spacial score (nSPS) is 15.8. The fourth-order valence-corrected chi connectivity index (χ4v) is 3.59. The third-order valence-electron chi connectivity index (χ3n) is 4.62. The molecule has 0 unspecified atom stereocenters.